The van der Waals surface area contributed by atoms with Crippen LogP contribution in [0.2, 0.25) is 0 Å². The van der Waals surface area contributed by atoms with Crippen molar-refractivity contribution in [2.75, 3.05) is 13.7 Å². The Kier molecular flexibility index (Phi) is 8.93. The van der Waals surface area contributed by atoms with Crippen LogP contribution in [0.25, 0.3) is 0 Å². The van der Waals surface area contributed by atoms with Gasteiger partial charge in [0.15, 0.2) is 6.29 Å². The van der Waals surface area contributed by atoms with Crippen molar-refractivity contribution >= 4 is 6.29 Å². The molecule has 1 aliphatic heterocycles. The van der Waals surface area contributed by atoms with Gasteiger partial charge in [0.05, 0.1) is 32.0 Å². The lowest BCUT2D eigenvalue weighted by Gasteiger charge is -2.35. The van der Waals surface area contributed by atoms with Crippen LogP contribution in [0.15, 0.2) is 24.3 Å². The highest BCUT2D eigenvalue weighted by Gasteiger charge is 2.53. The third-order valence-electron chi connectivity index (χ3n) is 5.62. The minimum absolute atomic E-state index is 0.0730. The largest absolute Gasteiger partial charge is 0.497 e. The Morgan fingerprint density at radius 3 is 2.43 bits per heavy atom. The zero-order valence-corrected chi connectivity index (χ0v) is 18.0. The average molecular weight is 393 g/mol. The van der Waals surface area contributed by atoms with Crippen molar-refractivity contribution in [1.82, 2.24) is 0 Å². The summed E-state index contributed by atoms with van der Waals surface area (Å²) in [5, 5.41) is 0. The van der Waals surface area contributed by atoms with Crippen molar-refractivity contribution in [1.29, 1.82) is 0 Å². The van der Waals surface area contributed by atoms with Gasteiger partial charge in [-0.15, -0.1) is 0 Å². The molecule has 5 nitrogen and oxygen atoms in total. The number of rotatable bonds is 14. The molecule has 1 heterocycles. The van der Waals surface area contributed by atoms with Gasteiger partial charge in [0.1, 0.15) is 11.9 Å². The molecule has 5 heteroatoms. The molecule has 0 amide bonds. The number of carbonyl (C=O) groups is 1. The zero-order chi connectivity index (χ0) is 20.6. The fourth-order valence-corrected chi connectivity index (χ4v) is 3.50. The molecular formula is C23H36O5. The second kappa shape index (κ2) is 10.9. The van der Waals surface area contributed by atoms with Crippen LogP contribution in [-0.4, -0.2) is 44.4 Å². The van der Waals surface area contributed by atoms with E-state index in [1.165, 1.54) is 0 Å². The number of ether oxygens (including phenoxy) is 4. The first-order valence-electron chi connectivity index (χ1n) is 10.4. The molecule has 4 atom stereocenters. The van der Waals surface area contributed by atoms with E-state index in [2.05, 4.69) is 27.7 Å². The molecule has 1 fully saturated rings. The maximum atomic E-state index is 11.1. The molecule has 0 N–H and O–H groups in total. The van der Waals surface area contributed by atoms with Gasteiger partial charge in [-0.2, -0.15) is 0 Å². The highest BCUT2D eigenvalue weighted by atomic mass is 16.6. The van der Waals surface area contributed by atoms with E-state index >= 15 is 0 Å². The molecule has 0 aromatic heterocycles. The summed E-state index contributed by atoms with van der Waals surface area (Å²) in [6, 6.07) is 7.90. The van der Waals surface area contributed by atoms with Crippen molar-refractivity contribution in [2.45, 2.75) is 84.4 Å². The van der Waals surface area contributed by atoms with Crippen LogP contribution in [0.4, 0.5) is 0 Å². The van der Waals surface area contributed by atoms with Gasteiger partial charge in [-0.3, -0.25) is 0 Å². The molecule has 0 saturated carbocycles. The Balaban J connectivity index is 2.04. The Morgan fingerprint density at radius 2 is 1.89 bits per heavy atom. The topological polar surface area (TPSA) is 57.3 Å². The molecule has 1 aromatic carbocycles. The normalized spacial score (nSPS) is 21.2. The van der Waals surface area contributed by atoms with Crippen molar-refractivity contribution < 1.29 is 23.7 Å². The molecule has 158 valence electrons. The summed E-state index contributed by atoms with van der Waals surface area (Å²) in [4.78, 5) is 11.1. The monoisotopic (exact) mass is 392 g/mol. The predicted octanol–water partition coefficient (Wildman–Crippen LogP) is 4.56. The van der Waals surface area contributed by atoms with Crippen LogP contribution < -0.4 is 4.74 Å². The van der Waals surface area contributed by atoms with Crippen molar-refractivity contribution in [3.05, 3.63) is 29.8 Å². The van der Waals surface area contributed by atoms with E-state index in [1.54, 1.807) is 7.11 Å². The lowest BCUT2D eigenvalue weighted by atomic mass is 9.79. The number of carbonyl (C=O) groups excluding carboxylic acids is 1. The van der Waals surface area contributed by atoms with Crippen LogP contribution in [0.3, 0.4) is 0 Å². The maximum Gasteiger partial charge on any atom is 0.151 e. The third-order valence-corrected chi connectivity index (χ3v) is 5.62. The quantitative estimate of drug-likeness (QED) is 0.264. The second-order valence-corrected chi connectivity index (χ2v) is 8.12. The summed E-state index contributed by atoms with van der Waals surface area (Å²) in [5.41, 5.74) is 0.810. The highest BCUT2D eigenvalue weighted by molar-refractivity contribution is 5.61. The van der Waals surface area contributed by atoms with Crippen LogP contribution >= 0.6 is 0 Å². The van der Waals surface area contributed by atoms with Crippen LogP contribution in [0.1, 0.15) is 58.9 Å². The van der Waals surface area contributed by atoms with Crippen LogP contribution in [-0.2, 0) is 25.6 Å². The van der Waals surface area contributed by atoms with Crippen molar-refractivity contribution in [2.24, 2.45) is 5.41 Å². The minimum Gasteiger partial charge on any atom is -0.497 e. The van der Waals surface area contributed by atoms with E-state index in [4.69, 9.17) is 18.9 Å². The summed E-state index contributed by atoms with van der Waals surface area (Å²) in [6.07, 6.45) is 4.45. The lowest BCUT2D eigenvalue weighted by molar-refractivity contribution is -0.109. The standard InChI is InChI=1S/C23H36O5/c1-6-8-13-26-18(7-2)14-21(23(3,4)22-20(15-24)28-22)27-16-17-9-11-19(25-5)12-10-17/h9-12,15,18,20-22H,6-8,13-14,16H2,1-5H3/t18-,20-,21+,22+/m0/s1. The fourth-order valence-electron chi connectivity index (χ4n) is 3.50. The Bertz CT molecular complexity index is 583. The van der Waals surface area contributed by atoms with E-state index in [0.717, 1.165) is 49.9 Å². The summed E-state index contributed by atoms with van der Waals surface area (Å²) in [7, 11) is 1.66. The van der Waals surface area contributed by atoms with Gasteiger partial charge in [-0.1, -0.05) is 46.2 Å². The summed E-state index contributed by atoms with van der Waals surface area (Å²) in [6.45, 7) is 9.83. The third kappa shape index (κ3) is 6.29. The van der Waals surface area contributed by atoms with Gasteiger partial charge in [-0.05, 0) is 30.5 Å². The number of unbranched alkanes of at least 4 members (excludes halogenated alkanes) is 1. The number of hydrogen-bond donors (Lipinski definition) is 0. The minimum atomic E-state index is -0.317. The Morgan fingerprint density at radius 1 is 1.18 bits per heavy atom. The zero-order valence-electron chi connectivity index (χ0n) is 18.0. The van der Waals surface area contributed by atoms with E-state index in [9.17, 15) is 4.79 Å². The van der Waals surface area contributed by atoms with Gasteiger partial charge in [-0.25, -0.2) is 0 Å². The smallest absolute Gasteiger partial charge is 0.151 e. The Hall–Kier alpha value is -1.43. The van der Waals surface area contributed by atoms with Crippen molar-refractivity contribution in [3.8, 4) is 5.75 Å². The summed E-state index contributed by atoms with van der Waals surface area (Å²) < 4.78 is 23.3. The van der Waals surface area contributed by atoms with Crippen LogP contribution in [0.5, 0.6) is 5.75 Å². The first kappa shape index (κ1) is 22.9. The van der Waals surface area contributed by atoms with E-state index in [-0.39, 0.29) is 29.8 Å². The summed E-state index contributed by atoms with van der Waals surface area (Å²) >= 11 is 0. The van der Waals surface area contributed by atoms with Gasteiger partial charge in [0.2, 0.25) is 0 Å². The molecule has 1 aliphatic rings. The van der Waals surface area contributed by atoms with Gasteiger partial charge >= 0.3 is 0 Å². The average Bonchev–Trinajstić information content (AvgIpc) is 3.51. The maximum absolute atomic E-state index is 11.1. The van der Waals surface area contributed by atoms with E-state index in [1.807, 2.05) is 24.3 Å². The molecule has 0 aliphatic carbocycles. The second-order valence-electron chi connectivity index (χ2n) is 8.12. The number of aldehydes is 1. The number of hydrogen-bond acceptors (Lipinski definition) is 5. The van der Waals surface area contributed by atoms with Crippen LogP contribution in [0, 0.1) is 5.41 Å². The molecule has 0 unspecified atom stereocenters. The van der Waals surface area contributed by atoms with Gasteiger partial charge in [0.25, 0.3) is 0 Å². The first-order chi connectivity index (χ1) is 13.5. The molecule has 2 rings (SSSR count). The summed E-state index contributed by atoms with van der Waals surface area (Å²) in [5.74, 6) is 0.830. The van der Waals surface area contributed by atoms with E-state index in [0.29, 0.717) is 6.61 Å². The lowest BCUT2D eigenvalue weighted by Crippen LogP contribution is -2.40. The molecular weight excluding hydrogens is 356 g/mol. The predicted molar refractivity (Wildman–Crippen MR) is 110 cm³/mol. The highest BCUT2D eigenvalue weighted by Crippen LogP contribution is 2.43. The molecule has 28 heavy (non-hydrogen) atoms. The van der Waals surface area contributed by atoms with Gasteiger partial charge in [0, 0.05) is 18.4 Å². The van der Waals surface area contributed by atoms with Gasteiger partial charge < -0.3 is 23.7 Å². The molecule has 0 spiro atoms. The first-order valence-corrected chi connectivity index (χ1v) is 10.4. The molecule has 0 bridgehead atoms. The van der Waals surface area contributed by atoms with Crippen molar-refractivity contribution in [3.63, 3.8) is 0 Å². The van der Waals surface area contributed by atoms with E-state index < -0.39 is 0 Å². The number of epoxide rings is 1. The molecule has 1 aromatic rings. The fraction of sp³-hybridized carbons (Fsp3) is 0.696. The molecule has 0 radical (unpaired) electrons. The number of benzene rings is 1. The number of methoxy groups -OCH3 is 1. The molecule has 1 saturated heterocycles. The Labute approximate surface area is 169 Å². The SMILES string of the molecule is CCCCO[C@@H](CC)C[C@@H](OCc1ccc(OC)cc1)C(C)(C)[C@@H]1O[C@H]1C=O.